The molecule has 0 radical (unpaired) electrons. The quantitative estimate of drug-likeness (QED) is 0.166. The molecule has 0 aliphatic carbocycles. The van der Waals surface area contributed by atoms with Crippen LogP contribution in [-0.4, -0.2) is 192 Å². The van der Waals surface area contributed by atoms with Gasteiger partial charge in [0.05, 0.1) is 12.5 Å². The molecular weight excluding hydrogens is 1040 g/mol. The average Bonchev–Trinajstić information content (AvgIpc) is 4.04. The lowest BCUT2D eigenvalue weighted by molar-refractivity contribution is 0.0203. The van der Waals surface area contributed by atoms with Gasteiger partial charge in [-0.2, -0.15) is 9.36 Å². The van der Waals surface area contributed by atoms with E-state index in [1.807, 2.05) is 46.4 Å². The molecule has 22 nitrogen and oxygen atoms in total. The molecule has 4 aromatic rings. The molecule has 3 fully saturated rings. The molecule has 4 aliphatic rings. The standard InChI is InChI=1S/C27H40N6O5S.C27H38N6O5S/c2*1-20-6-7-21(18-23(20)22-8-11-32(12-9-22)26(35)38-27(2,3)4)19-30-14-16-31(17-15-30)25(34)33-13-10-24(28-33)29-39(5,36)37/h6-7,10,13,18,22H,8-9,11-12,14-17,19H2,1-5H3,(H,28,29);6-8,10,13,18H,9,11-12,14-17,19H2,1-5H3,(H,28,29). The van der Waals surface area contributed by atoms with Gasteiger partial charge < -0.3 is 29.1 Å². The molecule has 24 heteroatoms. The lowest BCUT2D eigenvalue weighted by Gasteiger charge is -2.35. The van der Waals surface area contributed by atoms with Crippen LogP contribution in [0.5, 0.6) is 0 Å². The molecule has 6 heterocycles. The molecular formula is C54H78N12O10S2. The van der Waals surface area contributed by atoms with Crippen molar-refractivity contribution < 1.29 is 45.5 Å². The number of sulfonamides is 2. The molecule has 0 atom stereocenters. The van der Waals surface area contributed by atoms with Crippen LogP contribution in [0.2, 0.25) is 0 Å². The van der Waals surface area contributed by atoms with Crippen molar-refractivity contribution in [1.29, 1.82) is 0 Å². The highest BCUT2D eigenvalue weighted by Gasteiger charge is 2.30. The van der Waals surface area contributed by atoms with E-state index < -0.39 is 31.2 Å². The third-order valence-corrected chi connectivity index (χ3v) is 14.8. The smallest absolute Gasteiger partial charge is 0.410 e. The van der Waals surface area contributed by atoms with E-state index in [0.29, 0.717) is 58.3 Å². The van der Waals surface area contributed by atoms with Crippen molar-refractivity contribution in [2.24, 2.45) is 0 Å². The number of hydrogen-bond donors (Lipinski definition) is 2. The third-order valence-electron chi connectivity index (χ3n) is 13.7. The van der Waals surface area contributed by atoms with Gasteiger partial charge in [-0.15, -0.1) is 10.2 Å². The molecule has 0 unspecified atom stereocenters. The van der Waals surface area contributed by atoms with Gasteiger partial charge >= 0.3 is 24.2 Å². The highest BCUT2D eigenvalue weighted by atomic mass is 32.2. The molecule has 2 N–H and O–H groups in total. The number of aromatic nitrogens is 4. The van der Waals surface area contributed by atoms with Crippen LogP contribution in [0.4, 0.5) is 30.8 Å². The molecule has 2 aromatic heterocycles. The number of carbonyl (C=O) groups excluding carboxylic acids is 4. The van der Waals surface area contributed by atoms with Crippen LogP contribution >= 0.6 is 0 Å². The summed E-state index contributed by atoms with van der Waals surface area (Å²) in [6.07, 6.45) is 9.22. The minimum Gasteiger partial charge on any atom is -0.444 e. The Hall–Kier alpha value is -6.50. The number of likely N-dealkylation sites (tertiary alicyclic amines) is 1. The summed E-state index contributed by atoms with van der Waals surface area (Å²) in [4.78, 5) is 62.2. The average molecular weight is 1120 g/mol. The van der Waals surface area contributed by atoms with Gasteiger partial charge in [-0.3, -0.25) is 19.2 Å². The summed E-state index contributed by atoms with van der Waals surface area (Å²) in [5.74, 6) is 0.648. The fourth-order valence-corrected chi connectivity index (χ4v) is 10.8. The van der Waals surface area contributed by atoms with Gasteiger partial charge in [0.15, 0.2) is 11.6 Å². The molecule has 2 aromatic carbocycles. The van der Waals surface area contributed by atoms with Gasteiger partial charge in [0.25, 0.3) is 0 Å². The molecule has 0 saturated carbocycles. The lowest BCUT2D eigenvalue weighted by atomic mass is 9.86. The van der Waals surface area contributed by atoms with Gasteiger partial charge in [-0.05, 0) is 126 Å². The number of hydrogen-bond acceptors (Lipinski definition) is 14. The van der Waals surface area contributed by atoms with Crippen LogP contribution in [0.1, 0.15) is 100 Å². The molecule has 0 bridgehead atoms. The minimum atomic E-state index is -3.46. The summed E-state index contributed by atoms with van der Waals surface area (Å²) in [6.45, 7) is 24.8. The van der Waals surface area contributed by atoms with Crippen molar-refractivity contribution in [3.8, 4) is 0 Å². The van der Waals surface area contributed by atoms with E-state index in [-0.39, 0.29) is 35.9 Å². The summed E-state index contributed by atoms with van der Waals surface area (Å²) >= 11 is 0. The van der Waals surface area contributed by atoms with E-state index in [1.54, 1.807) is 14.7 Å². The van der Waals surface area contributed by atoms with Gasteiger partial charge in [0, 0.05) is 116 Å². The van der Waals surface area contributed by atoms with Crippen LogP contribution in [0, 0.1) is 13.8 Å². The first-order chi connectivity index (χ1) is 36.5. The Bertz CT molecular complexity index is 3050. The largest absolute Gasteiger partial charge is 0.444 e. The Morgan fingerprint density at radius 3 is 1.46 bits per heavy atom. The second-order valence-electron chi connectivity index (χ2n) is 22.6. The number of ether oxygens (including phenoxy) is 2. The number of piperazine rings is 2. The molecule has 0 spiro atoms. The second-order valence-corrected chi connectivity index (χ2v) is 26.1. The number of nitrogens with zero attached hydrogens (tertiary/aromatic N) is 10. The number of amides is 4. The normalized spacial score (nSPS) is 17.4. The van der Waals surface area contributed by atoms with Gasteiger partial charge in [0.1, 0.15) is 11.2 Å². The number of rotatable bonds is 10. The summed E-state index contributed by atoms with van der Waals surface area (Å²) in [6, 6.07) is 15.6. The molecule has 4 amide bonds. The molecule has 8 rings (SSSR count). The van der Waals surface area contributed by atoms with Gasteiger partial charge in [-0.1, -0.05) is 36.4 Å². The molecule has 426 valence electrons. The summed E-state index contributed by atoms with van der Waals surface area (Å²) in [5.41, 5.74) is 7.73. The first-order valence-electron chi connectivity index (χ1n) is 26.5. The minimum absolute atomic E-state index is 0.116. The van der Waals surface area contributed by atoms with E-state index >= 15 is 0 Å². The Morgan fingerprint density at radius 2 is 1.03 bits per heavy atom. The number of anilines is 2. The second kappa shape index (κ2) is 24.7. The van der Waals surface area contributed by atoms with E-state index in [4.69, 9.17) is 9.47 Å². The van der Waals surface area contributed by atoms with Crippen molar-refractivity contribution in [3.63, 3.8) is 0 Å². The third kappa shape index (κ3) is 17.2. The predicted molar refractivity (Wildman–Crippen MR) is 299 cm³/mol. The van der Waals surface area contributed by atoms with Crippen molar-refractivity contribution >= 4 is 61.5 Å². The maximum Gasteiger partial charge on any atom is 0.410 e. The maximum absolute atomic E-state index is 12.8. The number of aryl methyl sites for hydroxylation is 2. The zero-order valence-corrected chi connectivity index (χ0v) is 48.5. The topological polar surface area (TPSA) is 234 Å². The van der Waals surface area contributed by atoms with E-state index in [9.17, 15) is 36.0 Å². The monoisotopic (exact) mass is 1120 g/mol. The van der Waals surface area contributed by atoms with E-state index in [0.717, 1.165) is 75.7 Å². The number of benzene rings is 2. The van der Waals surface area contributed by atoms with Crippen LogP contribution in [-0.2, 0) is 42.6 Å². The van der Waals surface area contributed by atoms with Crippen molar-refractivity contribution in [1.82, 2.24) is 49.0 Å². The van der Waals surface area contributed by atoms with Crippen molar-refractivity contribution in [2.45, 2.75) is 105 Å². The predicted octanol–water partition coefficient (Wildman–Crippen LogP) is 6.84. The highest BCUT2D eigenvalue weighted by Crippen LogP contribution is 2.33. The zero-order valence-electron chi connectivity index (χ0n) is 46.8. The van der Waals surface area contributed by atoms with Crippen LogP contribution in [0.25, 0.3) is 5.57 Å². The number of piperidine rings is 1. The lowest BCUT2D eigenvalue weighted by Crippen LogP contribution is -2.49. The zero-order chi connectivity index (χ0) is 56.7. The first kappa shape index (κ1) is 59.2. The fourth-order valence-electron chi connectivity index (χ4n) is 9.80. The maximum atomic E-state index is 12.8. The number of carbonyl (C=O) groups is 4. The van der Waals surface area contributed by atoms with E-state index in [2.05, 4.69) is 85.8 Å². The Kier molecular flexibility index (Phi) is 18.7. The molecule has 78 heavy (non-hydrogen) atoms. The van der Waals surface area contributed by atoms with Gasteiger partial charge in [-0.25, -0.2) is 36.0 Å². The van der Waals surface area contributed by atoms with Crippen molar-refractivity contribution in [2.75, 3.05) is 100 Å². The highest BCUT2D eigenvalue weighted by molar-refractivity contribution is 7.92. The van der Waals surface area contributed by atoms with E-state index in [1.165, 1.54) is 68.2 Å². The Labute approximate surface area is 459 Å². The Morgan fingerprint density at radius 1 is 0.577 bits per heavy atom. The van der Waals surface area contributed by atoms with Crippen LogP contribution in [0.3, 0.4) is 0 Å². The summed E-state index contributed by atoms with van der Waals surface area (Å²) in [5, 5.41) is 8.08. The van der Waals surface area contributed by atoms with Crippen LogP contribution in [0.15, 0.2) is 67.0 Å². The molecule has 3 saturated heterocycles. The summed E-state index contributed by atoms with van der Waals surface area (Å²) in [7, 11) is -6.91. The van der Waals surface area contributed by atoms with Crippen molar-refractivity contribution in [3.05, 3.63) is 100 Å². The fraction of sp³-hybridized carbons (Fsp3) is 0.556. The first-order valence-corrected chi connectivity index (χ1v) is 30.3. The molecule has 4 aliphatic heterocycles. The number of nitrogens with one attached hydrogen (secondary N) is 2. The summed E-state index contributed by atoms with van der Waals surface area (Å²) < 4.78 is 63.5. The Balaban J connectivity index is 0.000000226. The van der Waals surface area contributed by atoms with Crippen LogP contribution < -0.4 is 9.44 Å². The SMILES string of the molecule is Cc1ccc(CN2CCN(C(=O)n3ccc(NS(C)(=O)=O)n3)CC2)cc1C1=CCN(C(=O)OC(C)(C)C)CC1.Cc1ccc(CN2CCN(C(=O)n3ccc(NS(C)(=O)=O)n3)CC2)cc1C1CCN(C(=O)OC(C)(C)C)CC1. The van der Waals surface area contributed by atoms with Gasteiger partial charge in [0.2, 0.25) is 20.0 Å².